The first kappa shape index (κ1) is 13.8. The molecule has 1 aliphatic heterocycles. The molecule has 1 aliphatic rings. The smallest absolute Gasteiger partial charge is 0.0834 e. The van der Waals surface area contributed by atoms with Gasteiger partial charge in [0.1, 0.15) is 0 Å². The van der Waals surface area contributed by atoms with Crippen LogP contribution >= 0.6 is 11.6 Å². The highest BCUT2D eigenvalue weighted by molar-refractivity contribution is 6.31. The summed E-state index contributed by atoms with van der Waals surface area (Å²) in [5, 5.41) is 8.52. The quantitative estimate of drug-likeness (QED) is 0.865. The van der Waals surface area contributed by atoms with Gasteiger partial charge in [0.05, 0.1) is 29.1 Å². The molecule has 1 aromatic rings. The lowest BCUT2D eigenvalue weighted by molar-refractivity contribution is 0.0937. The van der Waals surface area contributed by atoms with Crippen LogP contribution in [-0.4, -0.2) is 29.0 Å². The van der Waals surface area contributed by atoms with E-state index in [9.17, 15) is 0 Å². The maximum atomic E-state index is 6.24. The third-order valence-electron chi connectivity index (χ3n) is 3.43. The Balaban J connectivity index is 2.08. The van der Waals surface area contributed by atoms with E-state index in [0.29, 0.717) is 6.10 Å². The summed E-state index contributed by atoms with van der Waals surface area (Å²) in [6.45, 7) is 4.05. The second kappa shape index (κ2) is 6.55. The van der Waals surface area contributed by atoms with Crippen LogP contribution in [0.2, 0.25) is 5.02 Å². The molecule has 2 atom stereocenters. The summed E-state index contributed by atoms with van der Waals surface area (Å²) in [7, 11) is 1.94. The lowest BCUT2D eigenvalue weighted by atomic mass is 10.0. The zero-order chi connectivity index (χ0) is 13.0. The first-order chi connectivity index (χ1) is 8.72. The van der Waals surface area contributed by atoms with Crippen LogP contribution < -0.4 is 5.32 Å². The minimum atomic E-state index is 0.230. The Morgan fingerprint density at radius 3 is 3.06 bits per heavy atom. The van der Waals surface area contributed by atoms with Gasteiger partial charge in [-0.2, -0.15) is 5.10 Å². The summed E-state index contributed by atoms with van der Waals surface area (Å²) < 4.78 is 7.59. The predicted octanol–water partition coefficient (Wildman–Crippen LogP) is 2.68. The van der Waals surface area contributed by atoms with Gasteiger partial charge in [0.25, 0.3) is 0 Å². The van der Waals surface area contributed by atoms with Crippen LogP contribution in [0, 0.1) is 0 Å². The van der Waals surface area contributed by atoms with Crippen LogP contribution in [0.15, 0.2) is 6.20 Å². The van der Waals surface area contributed by atoms with Crippen molar-refractivity contribution in [2.24, 2.45) is 7.05 Å². The van der Waals surface area contributed by atoms with Crippen molar-refractivity contribution in [2.45, 2.75) is 44.8 Å². The number of nitrogens with zero attached hydrogens (tertiary/aromatic N) is 2. The number of aryl methyl sites for hydroxylation is 1. The Morgan fingerprint density at radius 2 is 2.50 bits per heavy atom. The molecule has 2 heterocycles. The summed E-state index contributed by atoms with van der Waals surface area (Å²) in [6, 6.07) is 0.230. The Hall–Kier alpha value is -0.580. The molecule has 1 saturated heterocycles. The summed E-state index contributed by atoms with van der Waals surface area (Å²) in [5.74, 6) is 0. The third-order valence-corrected chi connectivity index (χ3v) is 3.72. The van der Waals surface area contributed by atoms with Crippen LogP contribution in [0.4, 0.5) is 0 Å². The minimum Gasteiger partial charge on any atom is -0.378 e. The molecule has 0 spiro atoms. The summed E-state index contributed by atoms with van der Waals surface area (Å²) in [5.41, 5.74) is 1.07. The standard InChI is InChI=1S/C13H22ClN3O/c1-3-6-15-12(8-10-5-4-7-18-10)13-11(14)9-16-17(13)2/h9-10,12,15H,3-8H2,1-2H3. The van der Waals surface area contributed by atoms with Crippen molar-refractivity contribution < 1.29 is 4.74 Å². The molecule has 4 nitrogen and oxygen atoms in total. The van der Waals surface area contributed by atoms with Gasteiger partial charge in [-0.05, 0) is 32.2 Å². The van der Waals surface area contributed by atoms with Crippen LogP contribution in [0.25, 0.3) is 0 Å². The highest BCUT2D eigenvalue weighted by Crippen LogP contribution is 2.29. The molecule has 0 aromatic carbocycles. The van der Waals surface area contributed by atoms with Crippen molar-refractivity contribution in [3.63, 3.8) is 0 Å². The van der Waals surface area contributed by atoms with Gasteiger partial charge >= 0.3 is 0 Å². The van der Waals surface area contributed by atoms with Crippen LogP contribution in [-0.2, 0) is 11.8 Å². The molecule has 5 heteroatoms. The maximum Gasteiger partial charge on any atom is 0.0834 e. The Kier molecular flexibility index (Phi) is 5.03. The number of hydrogen-bond donors (Lipinski definition) is 1. The van der Waals surface area contributed by atoms with Gasteiger partial charge in [-0.3, -0.25) is 4.68 Å². The van der Waals surface area contributed by atoms with E-state index in [1.165, 1.54) is 6.42 Å². The zero-order valence-corrected chi connectivity index (χ0v) is 11.9. The fourth-order valence-corrected chi connectivity index (χ4v) is 2.81. The second-order valence-electron chi connectivity index (χ2n) is 4.88. The Bertz CT molecular complexity index is 355. The molecular weight excluding hydrogens is 250 g/mol. The average Bonchev–Trinajstić information content (AvgIpc) is 2.96. The van der Waals surface area contributed by atoms with Crippen molar-refractivity contribution >= 4 is 11.6 Å². The van der Waals surface area contributed by atoms with E-state index in [1.807, 2.05) is 11.7 Å². The number of halogens is 1. The van der Waals surface area contributed by atoms with Crippen molar-refractivity contribution in [1.29, 1.82) is 0 Å². The SMILES string of the molecule is CCCNC(CC1CCCO1)c1c(Cl)cnn1C. The number of ether oxygens (including phenoxy) is 1. The normalized spacial score (nSPS) is 21.4. The van der Waals surface area contributed by atoms with Gasteiger partial charge in [-0.15, -0.1) is 0 Å². The molecular formula is C13H22ClN3O. The second-order valence-corrected chi connectivity index (χ2v) is 5.29. The molecule has 1 N–H and O–H groups in total. The monoisotopic (exact) mass is 271 g/mol. The van der Waals surface area contributed by atoms with Gasteiger partial charge in [-0.25, -0.2) is 0 Å². The molecule has 2 rings (SSSR count). The van der Waals surface area contributed by atoms with E-state index < -0.39 is 0 Å². The molecule has 18 heavy (non-hydrogen) atoms. The minimum absolute atomic E-state index is 0.230. The van der Waals surface area contributed by atoms with E-state index in [1.54, 1.807) is 6.20 Å². The average molecular weight is 272 g/mol. The van der Waals surface area contributed by atoms with Crippen molar-refractivity contribution in [3.8, 4) is 0 Å². The van der Waals surface area contributed by atoms with Crippen molar-refractivity contribution in [3.05, 3.63) is 16.9 Å². The van der Waals surface area contributed by atoms with Gasteiger partial charge in [-0.1, -0.05) is 18.5 Å². The number of rotatable bonds is 6. The fraction of sp³-hybridized carbons (Fsp3) is 0.769. The maximum absolute atomic E-state index is 6.24. The zero-order valence-electron chi connectivity index (χ0n) is 11.2. The van der Waals surface area contributed by atoms with Crippen molar-refractivity contribution in [1.82, 2.24) is 15.1 Å². The summed E-state index contributed by atoms with van der Waals surface area (Å²) >= 11 is 6.24. The van der Waals surface area contributed by atoms with E-state index in [2.05, 4.69) is 17.3 Å². The summed E-state index contributed by atoms with van der Waals surface area (Å²) in [4.78, 5) is 0. The lowest BCUT2D eigenvalue weighted by Crippen LogP contribution is -2.28. The van der Waals surface area contributed by atoms with E-state index in [0.717, 1.165) is 43.1 Å². The van der Waals surface area contributed by atoms with Gasteiger partial charge in [0, 0.05) is 13.7 Å². The molecule has 102 valence electrons. The van der Waals surface area contributed by atoms with Gasteiger partial charge < -0.3 is 10.1 Å². The Labute approximate surface area is 114 Å². The fourth-order valence-electron chi connectivity index (χ4n) is 2.52. The van der Waals surface area contributed by atoms with E-state index >= 15 is 0 Å². The number of hydrogen-bond acceptors (Lipinski definition) is 3. The van der Waals surface area contributed by atoms with Crippen molar-refractivity contribution in [2.75, 3.05) is 13.2 Å². The van der Waals surface area contributed by atoms with Crippen LogP contribution in [0.5, 0.6) is 0 Å². The highest BCUT2D eigenvalue weighted by atomic mass is 35.5. The third kappa shape index (κ3) is 3.25. The molecule has 1 aromatic heterocycles. The van der Waals surface area contributed by atoms with Crippen LogP contribution in [0.3, 0.4) is 0 Å². The molecule has 2 unspecified atom stereocenters. The first-order valence-corrected chi connectivity index (χ1v) is 7.12. The largest absolute Gasteiger partial charge is 0.378 e. The van der Waals surface area contributed by atoms with E-state index in [4.69, 9.17) is 16.3 Å². The number of nitrogens with one attached hydrogen (secondary N) is 1. The molecule has 0 radical (unpaired) electrons. The number of aromatic nitrogens is 2. The highest BCUT2D eigenvalue weighted by Gasteiger charge is 2.25. The summed E-state index contributed by atoms with van der Waals surface area (Å²) in [6.07, 6.45) is 6.47. The topological polar surface area (TPSA) is 39.1 Å². The van der Waals surface area contributed by atoms with Gasteiger partial charge in [0.2, 0.25) is 0 Å². The first-order valence-electron chi connectivity index (χ1n) is 6.74. The predicted molar refractivity (Wildman–Crippen MR) is 72.8 cm³/mol. The molecule has 0 saturated carbocycles. The molecule has 0 amide bonds. The molecule has 0 aliphatic carbocycles. The van der Waals surface area contributed by atoms with Crippen LogP contribution in [0.1, 0.15) is 44.3 Å². The molecule has 1 fully saturated rings. The van der Waals surface area contributed by atoms with Gasteiger partial charge in [0.15, 0.2) is 0 Å². The van der Waals surface area contributed by atoms with E-state index in [-0.39, 0.29) is 6.04 Å². The lowest BCUT2D eigenvalue weighted by Gasteiger charge is -2.22. The Morgan fingerprint density at radius 1 is 1.67 bits per heavy atom. The molecule has 0 bridgehead atoms.